The number of hydrogen-bond acceptors (Lipinski definition) is 3. The molecule has 2 aliphatic carbocycles. The summed E-state index contributed by atoms with van der Waals surface area (Å²) < 4.78 is 5.78. The van der Waals surface area contributed by atoms with Gasteiger partial charge in [0.05, 0.1) is 12.1 Å². The van der Waals surface area contributed by atoms with Gasteiger partial charge in [-0.25, -0.2) is 4.98 Å². The molecule has 0 atom stereocenters. The highest BCUT2D eigenvalue weighted by atomic mass is 16.4. The van der Waals surface area contributed by atoms with E-state index >= 15 is 0 Å². The van der Waals surface area contributed by atoms with E-state index in [1.165, 1.54) is 25.7 Å². The Morgan fingerprint density at radius 1 is 1.21 bits per heavy atom. The molecule has 4 heteroatoms. The second-order valence-electron chi connectivity index (χ2n) is 7.23. The van der Waals surface area contributed by atoms with Gasteiger partial charge < -0.3 is 9.32 Å². The number of carbonyl (C=O) groups excluding carboxylic acids is 1. The standard InChI is InChI=1S/C20H24N2O2/c1-13-17(21-20(24-13)16-6-4-3-5-7-16)12-18(23)22(2)19(14-8-9-14)15-10-11-15/h3-7,14-15,19H,8-12H2,1-2H3. The highest BCUT2D eigenvalue weighted by molar-refractivity contribution is 5.79. The second kappa shape index (κ2) is 6.08. The molecular formula is C20H24N2O2. The minimum atomic E-state index is 0.162. The van der Waals surface area contributed by atoms with Gasteiger partial charge in [-0.15, -0.1) is 0 Å². The minimum Gasteiger partial charge on any atom is -0.441 e. The fourth-order valence-corrected chi connectivity index (χ4v) is 3.62. The van der Waals surface area contributed by atoms with Crippen LogP contribution in [0.5, 0.6) is 0 Å². The zero-order chi connectivity index (χ0) is 16.7. The summed E-state index contributed by atoms with van der Waals surface area (Å²) in [6.45, 7) is 1.89. The Balaban J connectivity index is 1.48. The summed E-state index contributed by atoms with van der Waals surface area (Å²) in [5, 5.41) is 0. The zero-order valence-electron chi connectivity index (χ0n) is 14.4. The Hall–Kier alpha value is -2.10. The first-order chi connectivity index (χ1) is 11.6. The molecule has 126 valence electrons. The smallest absolute Gasteiger partial charge is 0.228 e. The van der Waals surface area contributed by atoms with E-state index in [9.17, 15) is 4.79 Å². The molecule has 0 spiro atoms. The number of rotatable bonds is 6. The largest absolute Gasteiger partial charge is 0.441 e. The maximum atomic E-state index is 12.8. The molecular weight excluding hydrogens is 300 g/mol. The second-order valence-corrected chi connectivity index (χ2v) is 7.23. The quantitative estimate of drug-likeness (QED) is 0.811. The molecule has 2 aromatic rings. The van der Waals surface area contributed by atoms with Crippen molar-refractivity contribution in [1.82, 2.24) is 9.88 Å². The van der Waals surface area contributed by atoms with E-state index < -0.39 is 0 Å². The van der Waals surface area contributed by atoms with E-state index in [0.717, 1.165) is 28.9 Å². The van der Waals surface area contributed by atoms with Crippen molar-refractivity contribution >= 4 is 5.91 Å². The maximum absolute atomic E-state index is 12.8. The van der Waals surface area contributed by atoms with Crippen LogP contribution in [0.2, 0.25) is 0 Å². The highest BCUT2D eigenvalue weighted by Crippen LogP contribution is 2.46. The average Bonchev–Trinajstić information content (AvgIpc) is 3.50. The summed E-state index contributed by atoms with van der Waals surface area (Å²) in [7, 11) is 1.97. The molecule has 2 fully saturated rings. The number of aryl methyl sites for hydroxylation is 1. The molecule has 0 saturated heterocycles. The van der Waals surface area contributed by atoms with Crippen molar-refractivity contribution in [3.8, 4) is 11.5 Å². The molecule has 4 nitrogen and oxygen atoms in total. The summed E-state index contributed by atoms with van der Waals surface area (Å²) >= 11 is 0. The van der Waals surface area contributed by atoms with Crippen LogP contribution in [0.25, 0.3) is 11.5 Å². The molecule has 2 aliphatic rings. The van der Waals surface area contributed by atoms with Crippen LogP contribution in [0.15, 0.2) is 34.7 Å². The normalized spacial score (nSPS) is 17.3. The highest BCUT2D eigenvalue weighted by Gasteiger charge is 2.44. The Kier molecular flexibility index (Phi) is 3.91. The average molecular weight is 324 g/mol. The van der Waals surface area contributed by atoms with Crippen LogP contribution in [0, 0.1) is 18.8 Å². The van der Waals surface area contributed by atoms with E-state index in [0.29, 0.717) is 18.4 Å². The predicted octanol–water partition coefficient (Wildman–Crippen LogP) is 3.84. The molecule has 0 aliphatic heterocycles. The third-order valence-electron chi connectivity index (χ3n) is 5.28. The first kappa shape index (κ1) is 15.4. The van der Waals surface area contributed by atoms with Gasteiger partial charge in [-0.05, 0) is 56.6 Å². The fraction of sp³-hybridized carbons (Fsp3) is 0.500. The van der Waals surface area contributed by atoms with E-state index in [1.54, 1.807) is 0 Å². The van der Waals surface area contributed by atoms with E-state index in [1.807, 2.05) is 49.2 Å². The molecule has 1 aromatic heterocycles. The number of benzene rings is 1. The van der Waals surface area contributed by atoms with Crippen LogP contribution in [0.3, 0.4) is 0 Å². The lowest BCUT2D eigenvalue weighted by atomic mass is 10.1. The van der Waals surface area contributed by atoms with Crippen molar-refractivity contribution in [2.45, 2.75) is 45.1 Å². The lowest BCUT2D eigenvalue weighted by Gasteiger charge is -2.28. The fourth-order valence-electron chi connectivity index (χ4n) is 3.62. The molecule has 2 saturated carbocycles. The van der Waals surface area contributed by atoms with E-state index in [4.69, 9.17) is 4.42 Å². The maximum Gasteiger partial charge on any atom is 0.228 e. The first-order valence-corrected chi connectivity index (χ1v) is 8.91. The van der Waals surface area contributed by atoms with Gasteiger partial charge in [-0.1, -0.05) is 18.2 Å². The molecule has 4 rings (SSSR count). The van der Waals surface area contributed by atoms with Crippen molar-refractivity contribution in [3.05, 3.63) is 41.8 Å². The third-order valence-corrected chi connectivity index (χ3v) is 5.28. The van der Waals surface area contributed by atoms with Crippen molar-refractivity contribution in [1.29, 1.82) is 0 Å². The number of nitrogens with zero attached hydrogens (tertiary/aromatic N) is 2. The van der Waals surface area contributed by atoms with E-state index in [-0.39, 0.29) is 5.91 Å². The van der Waals surface area contributed by atoms with Gasteiger partial charge in [0.1, 0.15) is 5.76 Å². The van der Waals surface area contributed by atoms with Gasteiger partial charge in [0.2, 0.25) is 11.8 Å². The van der Waals surface area contributed by atoms with Gasteiger partial charge in [0.15, 0.2) is 0 Å². The van der Waals surface area contributed by atoms with Gasteiger partial charge >= 0.3 is 0 Å². The summed E-state index contributed by atoms with van der Waals surface area (Å²) in [6.07, 6.45) is 5.44. The Labute approximate surface area is 142 Å². The van der Waals surface area contributed by atoms with Gasteiger partial charge in [-0.3, -0.25) is 4.79 Å². The Morgan fingerprint density at radius 3 is 2.42 bits per heavy atom. The number of carbonyl (C=O) groups is 1. The summed E-state index contributed by atoms with van der Waals surface area (Å²) in [5.41, 5.74) is 1.71. The monoisotopic (exact) mass is 324 g/mol. The van der Waals surface area contributed by atoms with E-state index in [2.05, 4.69) is 4.98 Å². The van der Waals surface area contributed by atoms with Crippen LogP contribution in [0.1, 0.15) is 37.1 Å². The van der Waals surface area contributed by atoms with Crippen molar-refractivity contribution in [3.63, 3.8) is 0 Å². The lowest BCUT2D eigenvalue weighted by molar-refractivity contribution is -0.132. The first-order valence-electron chi connectivity index (χ1n) is 8.91. The molecule has 24 heavy (non-hydrogen) atoms. The Bertz CT molecular complexity index is 717. The van der Waals surface area contributed by atoms with Crippen LogP contribution in [0.4, 0.5) is 0 Å². The number of likely N-dealkylation sites (N-methyl/N-ethyl adjacent to an activating group) is 1. The molecule has 1 aromatic carbocycles. The molecule has 0 unspecified atom stereocenters. The minimum absolute atomic E-state index is 0.162. The Morgan fingerprint density at radius 2 is 1.83 bits per heavy atom. The summed E-state index contributed by atoms with van der Waals surface area (Å²) in [6, 6.07) is 10.3. The topological polar surface area (TPSA) is 46.3 Å². The van der Waals surface area contributed by atoms with Gasteiger partial charge in [0, 0.05) is 18.7 Å². The zero-order valence-corrected chi connectivity index (χ0v) is 14.4. The van der Waals surface area contributed by atoms with Crippen molar-refractivity contribution in [2.24, 2.45) is 11.8 Å². The van der Waals surface area contributed by atoms with Crippen molar-refractivity contribution in [2.75, 3.05) is 7.05 Å². The van der Waals surface area contributed by atoms with Crippen LogP contribution in [-0.2, 0) is 11.2 Å². The van der Waals surface area contributed by atoms with Gasteiger partial charge in [-0.2, -0.15) is 0 Å². The van der Waals surface area contributed by atoms with Crippen LogP contribution >= 0.6 is 0 Å². The molecule has 1 heterocycles. The number of oxazole rings is 1. The molecule has 1 amide bonds. The molecule has 0 N–H and O–H groups in total. The van der Waals surface area contributed by atoms with Crippen molar-refractivity contribution < 1.29 is 9.21 Å². The molecule has 0 bridgehead atoms. The summed E-state index contributed by atoms with van der Waals surface area (Å²) in [5.74, 6) is 2.95. The summed E-state index contributed by atoms with van der Waals surface area (Å²) in [4.78, 5) is 19.3. The number of aromatic nitrogens is 1. The lowest BCUT2D eigenvalue weighted by Crippen LogP contribution is -2.41. The SMILES string of the molecule is Cc1oc(-c2ccccc2)nc1CC(=O)N(C)C(C1CC1)C1CC1. The number of amides is 1. The molecule has 0 radical (unpaired) electrons. The van der Waals surface area contributed by atoms with Crippen LogP contribution in [-0.4, -0.2) is 28.9 Å². The third kappa shape index (κ3) is 3.10. The number of hydrogen-bond donors (Lipinski definition) is 0. The van der Waals surface area contributed by atoms with Gasteiger partial charge in [0.25, 0.3) is 0 Å². The predicted molar refractivity (Wildman–Crippen MR) is 92.4 cm³/mol. The van der Waals surface area contributed by atoms with Crippen LogP contribution < -0.4 is 0 Å².